The van der Waals surface area contributed by atoms with E-state index >= 15 is 0 Å². The van der Waals surface area contributed by atoms with E-state index in [1.165, 1.54) is 0 Å². The summed E-state index contributed by atoms with van der Waals surface area (Å²) in [4.78, 5) is 14.1. The first kappa shape index (κ1) is 15.4. The summed E-state index contributed by atoms with van der Waals surface area (Å²) >= 11 is 0. The van der Waals surface area contributed by atoms with Crippen LogP contribution in [0.5, 0.6) is 0 Å². The molecule has 3 nitrogen and oxygen atoms in total. The summed E-state index contributed by atoms with van der Waals surface area (Å²) in [7, 11) is 6.39. The summed E-state index contributed by atoms with van der Waals surface area (Å²) in [5.41, 5.74) is 1.75. The molecule has 0 spiro atoms. The van der Waals surface area contributed by atoms with Crippen LogP contribution in [0.1, 0.15) is 12.5 Å². The highest BCUT2D eigenvalue weighted by molar-refractivity contribution is 5.92. The van der Waals surface area contributed by atoms with Gasteiger partial charge in [-0.3, -0.25) is 4.79 Å². The van der Waals surface area contributed by atoms with E-state index in [1.807, 2.05) is 35.2 Å². The summed E-state index contributed by atoms with van der Waals surface area (Å²) in [6.45, 7) is 7.84. The van der Waals surface area contributed by atoms with Gasteiger partial charge in [-0.2, -0.15) is 0 Å². The van der Waals surface area contributed by atoms with Crippen molar-refractivity contribution in [2.45, 2.75) is 13.5 Å². The van der Waals surface area contributed by atoms with Crippen LogP contribution in [0.25, 0.3) is 0 Å². The van der Waals surface area contributed by atoms with Gasteiger partial charge in [0.2, 0.25) is 5.91 Å². The zero-order valence-electron chi connectivity index (χ0n) is 12.5. The second-order valence-corrected chi connectivity index (χ2v) is 6.01. The van der Waals surface area contributed by atoms with Gasteiger partial charge in [-0.05, 0) is 12.5 Å². The second-order valence-electron chi connectivity index (χ2n) is 6.01. The molecule has 0 aliphatic rings. The molecule has 0 N–H and O–H groups in total. The highest BCUT2D eigenvalue weighted by Crippen LogP contribution is 2.08. The van der Waals surface area contributed by atoms with Gasteiger partial charge in [0.1, 0.15) is 0 Å². The number of carbonyl (C=O) groups is 1. The third-order valence-electron chi connectivity index (χ3n) is 2.91. The van der Waals surface area contributed by atoms with E-state index in [0.29, 0.717) is 12.1 Å². The number of hydrogen-bond acceptors (Lipinski definition) is 1. The number of amides is 1. The van der Waals surface area contributed by atoms with Crippen LogP contribution in [0.15, 0.2) is 42.5 Å². The van der Waals surface area contributed by atoms with Gasteiger partial charge in [0.05, 0.1) is 34.2 Å². The Morgan fingerprint density at radius 2 is 1.79 bits per heavy atom. The molecular weight excluding hydrogens is 236 g/mol. The maximum absolute atomic E-state index is 12.2. The van der Waals surface area contributed by atoms with E-state index in [-0.39, 0.29) is 5.91 Å². The Bertz CT molecular complexity index is 432. The average Bonchev–Trinajstić information content (AvgIpc) is 2.33. The Balaban J connectivity index is 2.75. The van der Waals surface area contributed by atoms with Crippen molar-refractivity contribution in [2.75, 3.05) is 34.2 Å². The van der Waals surface area contributed by atoms with Gasteiger partial charge in [0.15, 0.2) is 0 Å². The topological polar surface area (TPSA) is 20.3 Å². The molecule has 0 fully saturated rings. The molecule has 19 heavy (non-hydrogen) atoms. The highest BCUT2D eigenvalue weighted by atomic mass is 16.2. The van der Waals surface area contributed by atoms with Gasteiger partial charge in [0.25, 0.3) is 0 Å². The number of hydrogen-bond donors (Lipinski definition) is 0. The molecular formula is C16H25N2O+. The fourth-order valence-corrected chi connectivity index (χ4v) is 1.75. The predicted octanol–water partition coefficient (Wildman–Crippen LogP) is 2.30. The van der Waals surface area contributed by atoms with Gasteiger partial charge in [-0.1, -0.05) is 36.9 Å². The second kappa shape index (κ2) is 6.53. The van der Waals surface area contributed by atoms with Crippen molar-refractivity contribution in [3.8, 4) is 0 Å². The molecule has 0 aromatic heterocycles. The maximum atomic E-state index is 12.2. The third-order valence-corrected chi connectivity index (χ3v) is 2.91. The first-order valence-corrected chi connectivity index (χ1v) is 6.59. The molecule has 1 aromatic carbocycles. The quantitative estimate of drug-likeness (QED) is 0.568. The fraction of sp³-hybridized carbons (Fsp3) is 0.438. The highest BCUT2D eigenvalue weighted by Gasteiger charge is 2.17. The predicted molar refractivity (Wildman–Crippen MR) is 79.6 cm³/mol. The number of carbonyl (C=O) groups excluding carboxylic acids is 1. The Morgan fingerprint density at radius 1 is 1.21 bits per heavy atom. The van der Waals surface area contributed by atoms with Crippen molar-refractivity contribution in [1.82, 2.24) is 4.90 Å². The molecule has 104 valence electrons. The summed E-state index contributed by atoms with van der Waals surface area (Å²) in [5, 5.41) is 0. The van der Waals surface area contributed by atoms with E-state index in [2.05, 4.69) is 27.7 Å². The molecule has 0 aliphatic heterocycles. The molecule has 3 heteroatoms. The Labute approximate surface area is 116 Å². The van der Waals surface area contributed by atoms with Crippen LogP contribution in [-0.4, -0.2) is 49.5 Å². The largest absolute Gasteiger partial charge is 0.329 e. The molecule has 0 heterocycles. The van der Waals surface area contributed by atoms with Crippen LogP contribution in [0.2, 0.25) is 0 Å². The average molecular weight is 261 g/mol. The Morgan fingerprint density at radius 3 is 2.26 bits per heavy atom. The minimum Gasteiger partial charge on any atom is -0.329 e. The number of benzene rings is 1. The first-order chi connectivity index (χ1) is 8.79. The van der Waals surface area contributed by atoms with Crippen LogP contribution in [0.4, 0.5) is 0 Å². The zero-order chi connectivity index (χ0) is 14.5. The van der Waals surface area contributed by atoms with E-state index in [1.54, 1.807) is 6.92 Å². The number of likely N-dealkylation sites (N-methyl/N-ethyl adjacent to an activating group) is 1. The van der Waals surface area contributed by atoms with Gasteiger partial charge >= 0.3 is 0 Å². The lowest BCUT2D eigenvalue weighted by Crippen LogP contribution is -2.43. The van der Waals surface area contributed by atoms with Crippen molar-refractivity contribution in [1.29, 1.82) is 0 Å². The normalized spacial score (nSPS) is 11.2. The van der Waals surface area contributed by atoms with Crippen molar-refractivity contribution in [2.24, 2.45) is 0 Å². The monoisotopic (exact) mass is 261 g/mol. The minimum absolute atomic E-state index is 0.0392. The van der Waals surface area contributed by atoms with Crippen molar-refractivity contribution >= 4 is 5.91 Å². The summed E-state index contributed by atoms with van der Waals surface area (Å²) in [5.74, 6) is 0.0392. The van der Waals surface area contributed by atoms with E-state index in [4.69, 9.17) is 0 Å². The molecule has 0 atom stereocenters. The maximum Gasteiger partial charge on any atom is 0.249 e. The fourth-order valence-electron chi connectivity index (χ4n) is 1.75. The SMILES string of the molecule is C=C(C)C(=O)N(CC[N+](C)(C)C)Cc1ccccc1. The molecule has 0 unspecified atom stereocenters. The summed E-state index contributed by atoms with van der Waals surface area (Å²) in [6.07, 6.45) is 0. The van der Waals surface area contributed by atoms with Crippen LogP contribution in [-0.2, 0) is 11.3 Å². The van der Waals surface area contributed by atoms with Gasteiger partial charge in [0, 0.05) is 12.1 Å². The van der Waals surface area contributed by atoms with Crippen LogP contribution in [0.3, 0.4) is 0 Å². The lowest BCUT2D eigenvalue weighted by molar-refractivity contribution is -0.869. The van der Waals surface area contributed by atoms with Crippen LogP contribution >= 0.6 is 0 Å². The molecule has 1 aromatic rings. The lowest BCUT2D eigenvalue weighted by Gasteiger charge is -2.29. The van der Waals surface area contributed by atoms with Gasteiger partial charge < -0.3 is 9.38 Å². The molecule has 0 aliphatic carbocycles. The number of nitrogens with zero attached hydrogens (tertiary/aromatic N) is 2. The van der Waals surface area contributed by atoms with Crippen molar-refractivity contribution in [3.05, 3.63) is 48.0 Å². The number of rotatable bonds is 6. The smallest absolute Gasteiger partial charge is 0.249 e. The minimum atomic E-state index is 0.0392. The van der Waals surface area contributed by atoms with Crippen LogP contribution in [0, 0.1) is 0 Å². The Kier molecular flexibility index (Phi) is 5.31. The molecule has 1 rings (SSSR count). The van der Waals surface area contributed by atoms with E-state index < -0.39 is 0 Å². The van der Waals surface area contributed by atoms with Crippen molar-refractivity contribution in [3.63, 3.8) is 0 Å². The lowest BCUT2D eigenvalue weighted by atomic mass is 10.2. The summed E-state index contributed by atoms with van der Waals surface area (Å²) in [6, 6.07) is 10.1. The molecule has 1 amide bonds. The van der Waals surface area contributed by atoms with Crippen molar-refractivity contribution < 1.29 is 9.28 Å². The van der Waals surface area contributed by atoms with E-state index in [9.17, 15) is 4.79 Å². The zero-order valence-corrected chi connectivity index (χ0v) is 12.5. The Hall–Kier alpha value is -1.61. The molecule has 0 saturated heterocycles. The number of quaternary nitrogens is 1. The summed E-state index contributed by atoms with van der Waals surface area (Å²) < 4.78 is 0.842. The van der Waals surface area contributed by atoms with Gasteiger partial charge in [-0.15, -0.1) is 0 Å². The van der Waals surface area contributed by atoms with Crippen LogP contribution < -0.4 is 0 Å². The molecule has 0 radical (unpaired) electrons. The first-order valence-electron chi connectivity index (χ1n) is 6.59. The molecule has 0 bridgehead atoms. The van der Waals surface area contributed by atoms with Gasteiger partial charge in [-0.25, -0.2) is 0 Å². The third kappa shape index (κ3) is 5.71. The standard InChI is InChI=1S/C16H25N2O/c1-14(2)16(19)17(11-12-18(3,4)5)13-15-9-7-6-8-10-15/h6-10H,1,11-13H2,2-5H3/q+1. The van der Waals surface area contributed by atoms with E-state index in [0.717, 1.165) is 23.1 Å². The molecule has 0 saturated carbocycles.